The number of piperazine rings is 1. The number of fused-ring (bicyclic) bond motifs is 1. The predicted molar refractivity (Wildman–Crippen MR) is 129 cm³/mol. The van der Waals surface area contributed by atoms with Crippen LogP contribution in [-0.2, 0) is 9.59 Å². The van der Waals surface area contributed by atoms with E-state index in [1.165, 1.54) is 11.8 Å². The molecule has 3 aromatic rings. The molecule has 1 atom stereocenters. The number of rotatable bonds is 5. The fourth-order valence-electron chi connectivity index (χ4n) is 4.29. The van der Waals surface area contributed by atoms with Crippen molar-refractivity contribution in [1.29, 1.82) is 0 Å². The number of tetrazole rings is 1. The van der Waals surface area contributed by atoms with Crippen molar-refractivity contribution in [1.82, 2.24) is 30.0 Å². The molecular weight excluding hydrogens is 468 g/mol. The van der Waals surface area contributed by atoms with E-state index in [9.17, 15) is 9.59 Å². The molecule has 0 N–H and O–H groups in total. The minimum absolute atomic E-state index is 0.00988. The zero-order valence-electron chi connectivity index (χ0n) is 19.6. The number of benzene rings is 2. The average molecular weight is 495 g/mol. The van der Waals surface area contributed by atoms with Crippen LogP contribution in [0.1, 0.15) is 11.1 Å². The van der Waals surface area contributed by atoms with Gasteiger partial charge in [-0.15, -0.1) is 5.10 Å². The summed E-state index contributed by atoms with van der Waals surface area (Å²) < 4.78 is 13.2. The molecule has 2 aliphatic rings. The van der Waals surface area contributed by atoms with Crippen molar-refractivity contribution in [2.45, 2.75) is 25.1 Å². The molecule has 0 saturated carbocycles. The second kappa shape index (κ2) is 9.95. The van der Waals surface area contributed by atoms with Crippen LogP contribution in [0.15, 0.2) is 47.6 Å². The number of para-hydroxylation sites is 3. The first-order valence-corrected chi connectivity index (χ1v) is 12.4. The van der Waals surface area contributed by atoms with Crippen molar-refractivity contribution >= 4 is 23.6 Å². The Balaban J connectivity index is 1.14. The van der Waals surface area contributed by atoms with Crippen LogP contribution < -0.4 is 9.47 Å². The highest BCUT2D eigenvalue weighted by Gasteiger charge is 2.33. The fourth-order valence-corrected chi connectivity index (χ4v) is 5.07. The van der Waals surface area contributed by atoms with Crippen LogP contribution in [-0.4, -0.2) is 86.5 Å². The molecule has 0 radical (unpaired) electrons. The van der Waals surface area contributed by atoms with E-state index in [1.54, 1.807) is 20.5 Å². The fraction of sp³-hybridized carbons (Fsp3) is 0.375. The van der Waals surface area contributed by atoms with Crippen molar-refractivity contribution in [2.24, 2.45) is 0 Å². The van der Waals surface area contributed by atoms with E-state index < -0.39 is 6.10 Å². The first kappa shape index (κ1) is 23.2. The smallest absolute Gasteiger partial charge is 0.267 e. The number of hydrogen-bond acceptors (Lipinski definition) is 8. The summed E-state index contributed by atoms with van der Waals surface area (Å²) in [6.45, 7) is 6.05. The highest BCUT2D eigenvalue weighted by atomic mass is 32.2. The number of amides is 2. The summed E-state index contributed by atoms with van der Waals surface area (Å²) in [6, 6.07) is 13.3. The van der Waals surface area contributed by atoms with Crippen LogP contribution in [0.5, 0.6) is 11.5 Å². The Hall–Kier alpha value is -3.60. The summed E-state index contributed by atoms with van der Waals surface area (Å²) in [4.78, 5) is 29.3. The van der Waals surface area contributed by atoms with Gasteiger partial charge in [-0.05, 0) is 47.5 Å². The third-order valence-corrected chi connectivity index (χ3v) is 7.05. The quantitative estimate of drug-likeness (QED) is 0.496. The molecular formula is C24H26N6O4S. The van der Waals surface area contributed by atoms with Gasteiger partial charge in [-0.3, -0.25) is 9.59 Å². The van der Waals surface area contributed by atoms with Gasteiger partial charge in [0.2, 0.25) is 17.2 Å². The summed E-state index contributed by atoms with van der Waals surface area (Å²) in [5.41, 5.74) is 3.04. The van der Waals surface area contributed by atoms with E-state index in [4.69, 9.17) is 9.47 Å². The van der Waals surface area contributed by atoms with E-state index in [2.05, 4.69) is 15.5 Å². The van der Waals surface area contributed by atoms with Crippen LogP contribution in [0.4, 0.5) is 0 Å². The third kappa shape index (κ3) is 4.81. The molecule has 2 aromatic carbocycles. The van der Waals surface area contributed by atoms with E-state index in [1.807, 2.05) is 50.2 Å². The lowest BCUT2D eigenvalue weighted by atomic mass is 10.1. The highest BCUT2D eigenvalue weighted by molar-refractivity contribution is 7.99. The SMILES string of the molecule is Cc1cccc(C)c1-n1nnnc1SCC(=O)N1CCN(C(=O)C2COc3ccccc3O2)CC1. The topological polar surface area (TPSA) is 103 Å². The van der Waals surface area contributed by atoms with Gasteiger partial charge >= 0.3 is 0 Å². The average Bonchev–Trinajstić information content (AvgIpc) is 3.34. The number of nitrogens with zero attached hydrogens (tertiary/aromatic N) is 6. The van der Waals surface area contributed by atoms with E-state index in [0.717, 1.165) is 16.8 Å². The van der Waals surface area contributed by atoms with Gasteiger partial charge in [0.15, 0.2) is 11.5 Å². The number of thioether (sulfide) groups is 1. The Bertz CT molecular complexity index is 1220. The maximum Gasteiger partial charge on any atom is 0.267 e. The Morgan fingerprint density at radius 1 is 0.971 bits per heavy atom. The van der Waals surface area contributed by atoms with Crippen LogP contribution in [0, 0.1) is 13.8 Å². The van der Waals surface area contributed by atoms with E-state index >= 15 is 0 Å². The zero-order chi connectivity index (χ0) is 24.4. The Morgan fingerprint density at radius 2 is 1.66 bits per heavy atom. The van der Waals surface area contributed by atoms with Gasteiger partial charge < -0.3 is 19.3 Å². The molecule has 182 valence electrons. The maximum atomic E-state index is 12.9. The number of hydrogen-bond donors (Lipinski definition) is 0. The monoisotopic (exact) mass is 494 g/mol. The van der Waals surface area contributed by atoms with Gasteiger partial charge in [-0.2, -0.15) is 4.68 Å². The minimum atomic E-state index is -0.675. The normalized spacial score (nSPS) is 17.4. The van der Waals surface area contributed by atoms with E-state index in [-0.39, 0.29) is 24.2 Å². The van der Waals surface area contributed by atoms with Gasteiger partial charge in [-0.1, -0.05) is 42.1 Å². The summed E-state index contributed by atoms with van der Waals surface area (Å²) >= 11 is 1.31. The molecule has 0 aliphatic carbocycles. The Kier molecular flexibility index (Phi) is 6.58. The Morgan fingerprint density at radius 3 is 2.40 bits per heavy atom. The second-order valence-electron chi connectivity index (χ2n) is 8.47. The number of aryl methyl sites for hydroxylation is 2. The van der Waals surface area contributed by atoms with Crippen LogP contribution in [0.3, 0.4) is 0 Å². The number of aromatic nitrogens is 4. The first-order valence-electron chi connectivity index (χ1n) is 11.4. The summed E-state index contributed by atoms with van der Waals surface area (Å²) in [5, 5.41) is 12.6. The number of ether oxygens (including phenoxy) is 2. The van der Waals surface area contributed by atoms with Gasteiger partial charge in [-0.25, -0.2) is 0 Å². The van der Waals surface area contributed by atoms with Crippen molar-refractivity contribution in [3.8, 4) is 17.2 Å². The lowest BCUT2D eigenvalue weighted by Crippen LogP contribution is -2.55. The van der Waals surface area contributed by atoms with E-state index in [0.29, 0.717) is 42.8 Å². The predicted octanol–water partition coefficient (Wildman–Crippen LogP) is 1.88. The molecule has 10 nitrogen and oxygen atoms in total. The molecule has 1 aromatic heterocycles. The number of carbonyl (C=O) groups excluding carboxylic acids is 2. The third-order valence-electron chi connectivity index (χ3n) is 6.15. The molecule has 0 bridgehead atoms. The standard InChI is InChI=1S/C24H26N6O4S/c1-16-6-5-7-17(2)22(16)30-24(25-26-27-30)35-15-21(31)28-10-12-29(13-11-28)23(32)20-14-33-18-8-3-4-9-19(18)34-20/h3-9,20H,10-15H2,1-2H3. The molecule has 35 heavy (non-hydrogen) atoms. The molecule has 1 fully saturated rings. The van der Waals surface area contributed by atoms with Crippen LogP contribution >= 0.6 is 11.8 Å². The Labute approximate surface area is 207 Å². The van der Waals surface area contributed by atoms with Gasteiger partial charge in [0.1, 0.15) is 6.61 Å². The molecule has 2 aliphatic heterocycles. The maximum absolute atomic E-state index is 12.9. The van der Waals surface area contributed by atoms with Gasteiger partial charge in [0.25, 0.3) is 5.91 Å². The molecule has 11 heteroatoms. The van der Waals surface area contributed by atoms with Crippen LogP contribution in [0.2, 0.25) is 0 Å². The van der Waals surface area contributed by atoms with Crippen molar-refractivity contribution in [3.63, 3.8) is 0 Å². The van der Waals surface area contributed by atoms with Crippen molar-refractivity contribution < 1.29 is 19.1 Å². The molecule has 0 spiro atoms. The van der Waals surface area contributed by atoms with Crippen molar-refractivity contribution in [3.05, 3.63) is 53.6 Å². The highest BCUT2D eigenvalue weighted by Crippen LogP contribution is 2.31. The minimum Gasteiger partial charge on any atom is -0.485 e. The number of carbonyl (C=O) groups is 2. The molecule has 3 heterocycles. The summed E-state index contributed by atoms with van der Waals surface area (Å²) in [6.07, 6.45) is -0.675. The van der Waals surface area contributed by atoms with Gasteiger partial charge in [0, 0.05) is 26.2 Å². The summed E-state index contributed by atoms with van der Waals surface area (Å²) in [7, 11) is 0. The molecule has 5 rings (SSSR count). The molecule has 1 saturated heterocycles. The second-order valence-corrected chi connectivity index (χ2v) is 9.42. The summed E-state index contributed by atoms with van der Waals surface area (Å²) in [5.74, 6) is 1.31. The van der Waals surface area contributed by atoms with Gasteiger partial charge in [0.05, 0.1) is 11.4 Å². The lowest BCUT2D eigenvalue weighted by Gasteiger charge is -2.37. The molecule has 1 unspecified atom stereocenters. The van der Waals surface area contributed by atoms with Crippen molar-refractivity contribution in [2.75, 3.05) is 38.5 Å². The lowest BCUT2D eigenvalue weighted by molar-refractivity contribution is -0.145. The first-order chi connectivity index (χ1) is 17.0. The van der Waals surface area contributed by atoms with Crippen LogP contribution in [0.25, 0.3) is 5.69 Å². The zero-order valence-corrected chi connectivity index (χ0v) is 20.4. The largest absolute Gasteiger partial charge is 0.485 e. The molecule has 2 amide bonds.